The molecule has 1 aromatic heterocycles. The maximum atomic E-state index is 12.1. The Morgan fingerprint density at radius 3 is 3.24 bits per heavy atom. The van der Waals surface area contributed by atoms with Gasteiger partial charge in [0.1, 0.15) is 0 Å². The first-order valence-corrected chi connectivity index (χ1v) is 7.61. The van der Waals surface area contributed by atoms with Crippen LogP contribution in [-0.4, -0.2) is 40.4 Å². The Balaban J connectivity index is 1.53. The molecule has 0 saturated carbocycles. The van der Waals surface area contributed by atoms with Crippen molar-refractivity contribution in [1.29, 1.82) is 0 Å². The minimum atomic E-state index is 0.137. The van der Waals surface area contributed by atoms with Gasteiger partial charge in [0.2, 0.25) is 5.91 Å². The minimum absolute atomic E-state index is 0.137. The van der Waals surface area contributed by atoms with Crippen LogP contribution in [0, 0.1) is 0 Å². The molecule has 1 saturated heterocycles. The van der Waals surface area contributed by atoms with E-state index in [4.69, 9.17) is 0 Å². The molecule has 1 aliphatic rings. The fourth-order valence-corrected chi connectivity index (χ4v) is 2.98. The van der Waals surface area contributed by atoms with Crippen LogP contribution in [-0.2, 0) is 11.3 Å². The number of piperidine rings is 1. The zero-order valence-electron chi connectivity index (χ0n) is 12.4. The number of carbonyl (C=O) groups is 1. The van der Waals surface area contributed by atoms with E-state index in [0.29, 0.717) is 19.0 Å². The first-order valence-electron chi connectivity index (χ1n) is 7.61. The molecule has 3 rings (SSSR count). The average Bonchev–Trinajstić information content (AvgIpc) is 2.95. The fourth-order valence-electron chi connectivity index (χ4n) is 2.98. The van der Waals surface area contributed by atoms with Crippen molar-refractivity contribution in [2.45, 2.75) is 38.3 Å². The molecule has 112 valence electrons. The maximum absolute atomic E-state index is 12.1. The summed E-state index contributed by atoms with van der Waals surface area (Å²) in [5.41, 5.74) is 3.06. The highest BCUT2D eigenvalue weighted by atomic mass is 16.1. The van der Waals surface area contributed by atoms with Gasteiger partial charge in [0.25, 0.3) is 0 Å². The van der Waals surface area contributed by atoms with Gasteiger partial charge in [-0.1, -0.05) is 12.5 Å². The Bertz CT molecular complexity index is 622. The molecule has 2 N–H and O–H groups in total. The first-order chi connectivity index (χ1) is 10.2. The second kappa shape index (κ2) is 6.26. The van der Waals surface area contributed by atoms with Crippen molar-refractivity contribution in [3.63, 3.8) is 0 Å². The Morgan fingerprint density at radius 1 is 1.48 bits per heavy atom. The Morgan fingerprint density at radius 2 is 2.38 bits per heavy atom. The summed E-state index contributed by atoms with van der Waals surface area (Å²) >= 11 is 0. The van der Waals surface area contributed by atoms with E-state index in [9.17, 15) is 4.79 Å². The highest BCUT2D eigenvalue weighted by Crippen LogP contribution is 2.17. The molecule has 1 atom stereocenters. The molecule has 1 amide bonds. The van der Waals surface area contributed by atoms with E-state index in [2.05, 4.69) is 27.2 Å². The van der Waals surface area contributed by atoms with Crippen molar-refractivity contribution in [2.75, 3.05) is 13.6 Å². The molecule has 5 nitrogen and oxygen atoms in total. The molecular formula is C16H22N4O. The number of rotatable bonds is 4. The largest absolute Gasteiger partial charge is 0.352 e. The summed E-state index contributed by atoms with van der Waals surface area (Å²) < 4.78 is 0. The first kappa shape index (κ1) is 14.1. The van der Waals surface area contributed by atoms with Crippen LogP contribution in [0.3, 0.4) is 0 Å². The number of aromatic amines is 1. The predicted molar refractivity (Wildman–Crippen MR) is 82.8 cm³/mol. The van der Waals surface area contributed by atoms with Gasteiger partial charge in [-0.15, -0.1) is 0 Å². The van der Waals surface area contributed by atoms with Crippen molar-refractivity contribution in [3.05, 3.63) is 30.1 Å². The van der Waals surface area contributed by atoms with Gasteiger partial charge in [0.05, 0.1) is 17.4 Å². The summed E-state index contributed by atoms with van der Waals surface area (Å²) in [4.78, 5) is 21.7. The second-order valence-corrected chi connectivity index (χ2v) is 5.87. The standard InChI is InChI=1S/C16H22N4O/c1-20-7-3-2-4-13(20)9-16(21)17-10-12-5-6-14-15(8-12)19-11-18-14/h5-6,8,11,13H,2-4,7,9-10H2,1H3,(H,17,21)(H,18,19)/t13-/m1/s1. The van der Waals surface area contributed by atoms with E-state index < -0.39 is 0 Å². The molecule has 5 heteroatoms. The molecule has 2 aromatic rings. The quantitative estimate of drug-likeness (QED) is 0.904. The number of nitrogens with zero attached hydrogens (tertiary/aromatic N) is 2. The number of hydrogen-bond acceptors (Lipinski definition) is 3. The molecule has 21 heavy (non-hydrogen) atoms. The molecule has 0 spiro atoms. The van der Waals surface area contributed by atoms with Gasteiger partial charge < -0.3 is 15.2 Å². The third-order valence-electron chi connectivity index (χ3n) is 4.32. The van der Waals surface area contributed by atoms with Gasteiger partial charge in [-0.05, 0) is 44.1 Å². The molecule has 1 fully saturated rings. The summed E-state index contributed by atoms with van der Waals surface area (Å²) in [6.45, 7) is 1.68. The minimum Gasteiger partial charge on any atom is -0.352 e. The highest BCUT2D eigenvalue weighted by Gasteiger charge is 2.21. The van der Waals surface area contributed by atoms with E-state index in [-0.39, 0.29) is 5.91 Å². The molecule has 0 unspecified atom stereocenters. The number of aromatic nitrogens is 2. The van der Waals surface area contributed by atoms with E-state index in [1.165, 1.54) is 12.8 Å². The number of carbonyl (C=O) groups excluding carboxylic acids is 1. The summed E-state index contributed by atoms with van der Waals surface area (Å²) in [7, 11) is 2.11. The number of amides is 1. The number of fused-ring (bicyclic) bond motifs is 1. The summed E-state index contributed by atoms with van der Waals surface area (Å²) in [6.07, 6.45) is 5.90. The Kier molecular flexibility index (Phi) is 4.20. The molecule has 0 bridgehead atoms. The van der Waals surface area contributed by atoms with Gasteiger partial charge >= 0.3 is 0 Å². The van der Waals surface area contributed by atoms with E-state index in [0.717, 1.165) is 29.6 Å². The van der Waals surface area contributed by atoms with Gasteiger partial charge in [-0.3, -0.25) is 4.79 Å². The molecule has 0 radical (unpaired) electrons. The van der Waals surface area contributed by atoms with Crippen molar-refractivity contribution in [3.8, 4) is 0 Å². The average molecular weight is 286 g/mol. The Labute approximate surface area is 124 Å². The maximum Gasteiger partial charge on any atom is 0.221 e. The van der Waals surface area contributed by atoms with Crippen molar-refractivity contribution >= 4 is 16.9 Å². The third kappa shape index (κ3) is 3.42. The summed E-state index contributed by atoms with van der Waals surface area (Å²) in [5, 5.41) is 3.02. The fraction of sp³-hybridized carbons (Fsp3) is 0.500. The van der Waals surface area contributed by atoms with Crippen molar-refractivity contribution in [1.82, 2.24) is 20.2 Å². The van der Waals surface area contributed by atoms with Gasteiger partial charge in [0.15, 0.2) is 0 Å². The number of likely N-dealkylation sites (tertiary alicyclic amines) is 1. The van der Waals surface area contributed by atoms with Crippen LogP contribution in [0.15, 0.2) is 24.5 Å². The number of H-pyrrole nitrogens is 1. The van der Waals surface area contributed by atoms with Crippen LogP contribution in [0.4, 0.5) is 0 Å². The second-order valence-electron chi connectivity index (χ2n) is 5.87. The SMILES string of the molecule is CN1CCCC[C@@H]1CC(=O)NCc1ccc2nc[nH]c2c1. The molecule has 0 aliphatic carbocycles. The summed E-state index contributed by atoms with van der Waals surface area (Å²) in [5.74, 6) is 0.137. The zero-order valence-corrected chi connectivity index (χ0v) is 12.4. The van der Waals surface area contributed by atoms with E-state index >= 15 is 0 Å². The highest BCUT2D eigenvalue weighted by molar-refractivity contribution is 5.77. The number of nitrogens with one attached hydrogen (secondary N) is 2. The topological polar surface area (TPSA) is 61.0 Å². The lowest BCUT2D eigenvalue weighted by Gasteiger charge is -2.31. The number of imidazole rings is 1. The van der Waals surface area contributed by atoms with Crippen LogP contribution >= 0.6 is 0 Å². The van der Waals surface area contributed by atoms with E-state index in [1.54, 1.807) is 6.33 Å². The summed E-state index contributed by atoms with van der Waals surface area (Å²) in [6, 6.07) is 6.42. The van der Waals surface area contributed by atoms with Crippen LogP contribution in [0.5, 0.6) is 0 Å². The van der Waals surface area contributed by atoms with Gasteiger partial charge in [-0.2, -0.15) is 0 Å². The van der Waals surface area contributed by atoms with E-state index in [1.807, 2.05) is 18.2 Å². The molecule has 1 aromatic carbocycles. The molecule has 1 aliphatic heterocycles. The van der Waals surface area contributed by atoms with Crippen LogP contribution in [0.25, 0.3) is 11.0 Å². The van der Waals surface area contributed by atoms with Gasteiger partial charge in [0, 0.05) is 19.0 Å². The predicted octanol–water partition coefficient (Wildman–Crippen LogP) is 2.05. The normalized spacial score (nSPS) is 19.8. The Hall–Kier alpha value is -1.88. The van der Waals surface area contributed by atoms with Crippen molar-refractivity contribution in [2.24, 2.45) is 0 Å². The monoisotopic (exact) mass is 286 g/mol. The molecular weight excluding hydrogens is 264 g/mol. The smallest absolute Gasteiger partial charge is 0.221 e. The van der Waals surface area contributed by atoms with Gasteiger partial charge in [-0.25, -0.2) is 4.98 Å². The van der Waals surface area contributed by atoms with Crippen molar-refractivity contribution < 1.29 is 4.79 Å². The zero-order chi connectivity index (χ0) is 14.7. The lowest BCUT2D eigenvalue weighted by Crippen LogP contribution is -2.40. The lowest BCUT2D eigenvalue weighted by atomic mass is 10.00. The van der Waals surface area contributed by atoms with Crippen LogP contribution in [0.2, 0.25) is 0 Å². The van der Waals surface area contributed by atoms with Crippen LogP contribution in [0.1, 0.15) is 31.2 Å². The number of hydrogen-bond donors (Lipinski definition) is 2. The lowest BCUT2D eigenvalue weighted by molar-refractivity contribution is -0.122. The van der Waals surface area contributed by atoms with Crippen LogP contribution < -0.4 is 5.32 Å². The molecule has 2 heterocycles. The number of benzene rings is 1. The third-order valence-corrected chi connectivity index (χ3v) is 4.32.